The van der Waals surface area contributed by atoms with Crippen molar-refractivity contribution >= 4 is 11.6 Å². The Morgan fingerprint density at radius 3 is 2.75 bits per heavy atom. The van der Waals surface area contributed by atoms with Gasteiger partial charge in [-0.3, -0.25) is 14.9 Å². The zero-order valence-corrected chi connectivity index (χ0v) is 10.6. The maximum Gasteiger partial charge on any atom is 0.258 e. The molecule has 5 heteroatoms. The van der Waals surface area contributed by atoms with Crippen LogP contribution >= 0.6 is 0 Å². The predicted molar refractivity (Wildman–Crippen MR) is 76.2 cm³/mol. The van der Waals surface area contributed by atoms with Crippen LogP contribution in [-0.2, 0) is 0 Å². The number of carbonyl (C=O) groups is 1. The van der Waals surface area contributed by atoms with Gasteiger partial charge in [-0.1, -0.05) is 18.2 Å². The van der Waals surface area contributed by atoms with Gasteiger partial charge in [-0.2, -0.15) is 5.10 Å². The van der Waals surface area contributed by atoms with Crippen LogP contribution in [0.3, 0.4) is 0 Å². The van der Waals surface area contributed by atoms with Gasteiger partial charge in [0.05, 0.1) is 11.8 Å². The molecular weight excluding hydrogens is 252 g/mol. The molecular formula is C15H12N4O. The van der Waals surface area contributed by atoms with Crippen LogP contribution in [0.5, 0.6) is 0 Å². The van der Waals surface area contributed by atoms with Gasteiger partial charge in [0.25, 0.3) is 5.91 Å². The van der Waals surface area contributed by atoms with Crippen LogP contribution in [-0.4, -0.2) is 21.1 Å². The maximum atomic E-state index is 11.9. The third kappa shape index (κ3) is 2.56. The van der Waals surface area contributed by atoms with Gasteiger partial charge in [-0.15, -0.1) is 0 Å². The Kier molecular flexibility index (Phi) is 3.24. The van der Waals surface area contributed by atoms with Crippen molar-refractivity contribution in [2.75, 3.05) is 5.32 Å². The molecule has 5 nitrogen and oxygen atoms in total. The molecule has 0 saturated heterocycles. The molecule has 1 aromatic carbocycles. The monoisotopic (exact) mass is 264 g/mol. The second-order valence-electron chi connectivity index (χ2n) is 4.26. The molecule has 1 amide bonds. The summed E-state index contributed by atoms with van der Waals surface area (Å²) in [4.78, 5) is 16.0. The molecule has 0 aliphatic rings. The van der Waals surface area contributed by atoms with Crippen molar-refractivity contribution < 1.29 is 4.79 Å². The van der Waals surface area contributed by atoms with E-state index in [2.05, 4.69) is 20.5 Å². The first kappa shape index (κ1) is 12.1. The number of aromatic nitrogens is 3. The van der Waals surface area contributed by atoms with E-state index in [4.69, 9.17) is 0 Å². The molecule has 0 aliphatic carbocycles. The van der Waals surface area contributed by atoms with E-state index >= 15 is 0 Å². The number of hydrogen-bond donors (Lipinski definition) is 2. The van der Waals surface area contributed by atoms with Gasteiger partial charge >= 0.3 is 0 Å². The molecule has 20 heavy (non-hydrogen) atoms. The lowest BCUT2D eigenvalue weighted by Gasteiger charge is -2.06. The quantitative estimate of drug-likeness (QED) is 0.764. The van der Waals surface area contributed by atoms with E-state index in [9.17, 15) is 4.79 Å². The Morgan fingerprint density at radius 1 is 1.10 bits per heavy atom. The van der Waals surface area contributed by atoms with Crippen molar-refractivity contribution in [1.29, 1.82) is 0 Å². The number of hydrogen-bond acceptors (Lipinski definition) is 3. The summed E-state index contributed by atoms with van der Waals surface area (Å²) in [6.07, 6.45) is 6.56. The van der Waals surface area contributed by atoms with Gasteiger partial charge in [0, 0.05) is 29.8 Å². The van der Waals surface area contributed by atoms with Gasteiger partial charge in [0.15, 0.2) is 0 Å². The molecule has 3 aromatic rings. The highest BCUT2D eigenvalue weighted by molar-refractivity contribution is 6.04. The van der Waals surface area contributed by atoms with Crippen LogP contribution in [0, 0.1) is 0 Å². The number of pyridine rings is 1. The average Bonchev–Trinajstić information content (AvgIpc) is 3.03. The van der Waals surface area contributed by atoms with Crippen molar-refractivity contribution in [3.63, 3.8) is 0 Å². The molecule has 0 saturated carbocycles. The van der Waals surface area contributed by atoms with E-state index in [1.54, 1.807) is 18.6 Å². The Labute approximate surface area is 115 Å². The molecule has 3 rings (SSSR count). The fourth-order valence-corrected chi connectivity index (χ4v) is 1.89. The zero-order chi connectivity index (χ0) is 13.8. The van der Waals surface area contributed by atoms with Gasteiger partial charge < -0.3 is 5.32 Å². The molecule has 0 unspecified atom stereocenters. The molecule has 0 fully saturated rings. The third-order valence-corrected chi connectivity index (χ3v) is 2.88. The lowest BCUT2D eigenvalue weighted by Crippen LogP contribution is -2.10. The average molecular weight is 264 g/mol. The van der Waals surface area contributed by atoms with Crippen LogP contribution < -0.4 is 5.32 Å². The summed E-state index contributed by atoms with van der Waals surface area (Å²) in [6.45, 7) is 0. The fraction of sp³-hybridized carbons (Fsp3) is 0. The molecule has 98 valence electrons. The van der Waals surface area contributed by atoms with E-state index in [1.165, 1.54) is 6.20 Å². The van der Waals surface area contributed by atoms with E-state index < -0.39 is 0 Å². The van der Waals surface area contributed by atoms with E-state index in [0.29, 0.717) is 5.56 Å². The Morgan fingerprint density at radius 2 is 2.00 bits per heavy atom. The third-order valence-electron chi connectivity index (χ3n) is 2.88. The van der Waals surface area contributed by atoms with Crippen molar-refractivity contribution in [1.82, 2.24) is 15.2 Å². The highest BCUT2D eigenvalue weighted by Gasteiger charge is 2.07. The number of anilines is 1. The molecule has 2 N–H and O–H groups in total. The molecule has 0 spiro atoms. The molecule has 0 bridgehead atoms. The van der Waals surface area contributed by atoms with Crippen molar-refractivity contribution in [3.8, 4) is 11.1 Å². The van der Waals surface area contributed by atoms with Crippen molar-refractivity contribution in [2.45, 2.75) is 0 Å². The van der Waals surface area contributed by atoms with Crippen LogP contribution in [0.1, 0.15) is 10.4 Å². The second-order valence-corrected chi connectivity index (χ2v) is 4.26. The maximum absolute atomic E-state index is 11.9. The summed E-state index contributed by atoms with van der Waals surface area (Å²) >= 11 is 0. The minimum absolute atomic E-state index is 0.193. The molecule has 2 aromatic heterocycles. The minimum Gasteiger partial charge on any atom is -0.322 e. The number of amides is 1. The normalized spacial score (nSPS) is 10.2. The smallest absolute Gasteiger partial charge is 0.258 e. The number of nitrogens with one attached hydrogen (secondary N) is 2. The molecule has 0 atom stereocenters. The van der Waals surface area contributed by atoms with Gasteiger partial charge in [0.2, 0.25) is 0 Å². The lowest BCUT2D eigenvalue weighted by atomic mass is 10.1. The second kappa shape index (κ2) is 5.36. The van der Waals surface area contributed by atoms with Crippen LogP contribution in [0.4, 0.5) is 5.69 Å². The van der Waals surface area contributed by atoms with E-state index in [1.807, 2.05) is 36.4 Å². The topological polar surface area (TPSA) is 70.7 Å². The van der Waals surface area contributed by atoms with Gasteiger partial charge in [-0.25, -0.2) is 0 Å². The predicted octanol–water partition coefficient (Wildman–Crippen LogP) is 2.72. The Bertz CT molecular complexity index is 708. The standard InChI is InChI=1S/C15H12N4O/c20-15(13-9-17-18-10-13)19-14-5-1-3-11(7-14)12-4-2-6-16-8-12/h1-10H,(H,17,18)(H,19,20). The summed E-state index contributed by atoms with van der Waals surface area (Å²) < 4.78 is 0. The lowest BCUT2D eigenvalue weighted by molar-refractivity contribution is 0.102. The summed E-state index contributed by atoms with van der Waals surface area (Å²) in [5.41, 5.74) is 3.24. The number of nitrogens with zero attached hydrogens (tertiary/aromatic N) is 2. The summed E-state index contributed by atoms with van der Waals surface area (Å²) in [6, 6.07) is 11.5. The van der Waals surface area contributed by atoms with Gasteiger partial charge in [0.1, 0.15) is 0 Å². The summed E-state index contributed by atoms with van der Waals surface area (Å²) in [7, 11) is 0. The largest absolute Gasteiger partial charge is 0.322 e. The van der Waals surface area contributed by atoms with Crippen LogP contribution in [0.2, 0.25) is 0 Å². The highest BCUT2D eigenvalue weighted by atomic mass is 16.1. The summed E-state index contributed by atoms with van der Waals surface area (Å²) in [5, 5.41) is 9.21. The zero-order valence-electron chi connectivity index (χ0n) is 10.6. The number of H-pyrrole nitrogens is 1. The first-order valence-electron chi connectivity index (χ1n) is 6.13. The Balaban J connectivity index is 1.83. The molecule has 0 radical (unpaired) electrons. The SMILES string of the molecule is O=C(Nc1cccc(-c2cccnc2)c1)c1cn[nH]c1. The van der Waals surface area contributed by atoms with Crippen molar-refractivity contribution in [3.05, 3.63) is 66.7 Å². The number of aromatic amines is 1. The van der Waals surface area contributed by atoms with E-state index in [0.717, 1.165) is 16.8 Å². The fourth-order valence-electron chi connectivity index (χ4n) is 1.89. The highest BCUT2D eigenvalue weighted by Crippen LogP contribution is 2.21. The first-order valence-corrected chi connectivity index (χ1v) is 6.13. The summed E-state index contributed by atoms with van der Waals surface area (Å²) in [5.74, 6) is -0.193. The number of rotatable bonds is 3. The number of benzene rings is 1. The molecule has 0 aliphatic heterocycles. The Hall–Kier alpha value is -2.95. The first-order chi connectivity index (χ1) is 9.83. The molecule has 2 heterocycles. The van der Waals surface area contributed by atoms with Crippen LogP contribution in [0.15, 0.2) is 61.2 Å². The number of carbonyl (C=O) groups excluding carboxylic acids is 1. The van der Waals surface area contributed by atoms with Crippen molar-refractivity contribution in [2.24, 2.45) is 0 Å². The van der Waals surface area contributed by atoms with Gasteiger partial charge in [-0.05, 0) is 23.8 Å². The van der Waals surface area contributed by atoms with Crippen LogP contribution in [0.25, 0.3) is 11.1 Å². The minimum atomic E-state index is -0.193. The van der Waals surface area contributed by atoms with E-state index in [-0.39, 0.29) is 5.91 Å².